The van der Waals surface area contributed by atoms with Gasteiger partial charge >= 0.3 is 0 Å². The number of nitrogens with two attached hydrogens (primary N) is 1. The van der Waals surface area contributed by atoms with Crippen LogP contribution in [0.1, 0.15) is 31.2 Å². The third-order valence-electron chi connectivity index (χ3n) is 1.95. The minimum Gasteiger partial charge on any atom is -0.327 e. The first-order valence-electron chi connectivity index (χ1n) is 5.31. The topological polar surface area (TPSA) is 38.9 Å². The first-order chi connectivity index (χ1) is 7.38. The van der Waals surface area contributed by atoms with Crippen LogP contribution in [0.5, 0.6) is 0 Å². The van der Waals surface area contributed by atoms with Crippen molar-refractivity contribution in [2.24, 2.45) is 5.73 Å². The van der Waals surface area contributed by atoms with E-state index in [0.717, 1.165) is 5.01 Å². The second-order valence-corrected chi connectivity index (χ2v) is 5.23. The molecule has 0 unspecified atom stereocenters. The van der Waals surface area contributed by atoms with Crippen LogP contribution in [0.15, 0.2) is 17.7 Å². The lowest BCUT2D eigenvalue weighted by Crippen LogP contribution is -1.95. The van der Waals surface area contributed by atoms with E-state index >= 15 is 0 Å². The van der Waals surface area contributed by atoms with Crippen molar-refractivity contribution in [2.45, 2.75) is 26.2 Å². The first-order valence-corrected chi connectivity index (χ1v) is 7.18. The fourth-order valence-electron chi connectivity index (χ4n) is 1.19. The van der Waals surface area contributed by atoms with Gasteiger partial charge in [-0.15, -0.1) is 23.1 Å². The van der Waals surface area contributed by atoms with Crippen LogP contribution in [0.4, 0.5) is 0 Å². The molecule has 0 saturated heterocycles. The van der Waals surface area contributed by atoms with Crippen molar-refractivity contribution in [1.82, 2.24) is 4.98 Å². The van der Waals surface area contributed by atoms with Crippen LogP contribution in [0.2, 0.25) is 0 Å². The second-order valence-electron chi connectivity index (χ2n) is 3.20. The van der Waals surface area contributed by atoms with Gasteiger partial charge in [-0.1, -0.05) is 25.8 Å². The highest BCUT2D eigenvalue weighted by atomic mass is 32.2. The zero-order valence-corrected chi connectivity index (χ0v) is 10.7. The highest BCUT2D eigenvalue weighted by Crippen LogP contribution is 2.29. The maximum absolute atomic E-state index is 5.55. The van der Waals surface area contributed by atoms with Gasteiger partial charge in [0.2, 0.25) is 0 Å². The van der Waals surface area contributed by atoms with E-state index in [-0.39, 0.29) is 0 Å². The van der Waals surface area contributed by atoms with Gasteiger partial charge in [0.15, 0.2) is 0 Å². The highest BCUT2D eigenvalue weighted by molar-refractivity contribution is 8.08. The fraction of sp³-hybridized carbons (Fsp3) is 0.545. The summed E-state index contributed by atoms with van der Waals surface area (Å²) in [7, 11) is 0. The number of unbranched alkanes of at least 4 members (excludes halogenated alkanes) is 2. The Balaban J connectivity index is 2.42. The number of aromatic nitrogens is 1. The van der Waals surface area contributed by atoms with Crippen LogP contribution in [0.3, 0.4) is 0 Å². The minimum atomic E-state index is 0.593. The molecular formula is C11H18N2S2. The van der Waals surface area contributed by atoms with Gasteiger partial charge in [-0.3, -0.25) is 0 Å². The van der Waals surface area contributed by atoms with Crippen LogP contribution in [-0.4, -0.2) is 17.3 Å². The van der Waals surface area contributed by atoms with Crippen LogP contribution in [0, 0.1) is 0 Å². The summed E-state index contributed by atoms with van der Waals surface area (Å²) in [4.78, 5) is 5.55. The molecule has 1 aromatic heterocycles. The molecule has 0 aliphatic rings. The molecule has 0 atom stereocenters. The van der Waals surface area contributed by atoms with Crippen LogP contribution in [-0.2, 0) is 0 Å². The SMILES string of the molecule is CCCCCSC(=CCN)c1nccs1. The summed E-state index contributed by atoms with van der Waals surface area (Å²) < 4.78 is 0. The number of thioether (sulfide) groups is 1. The van der Waals surface area contributed by atoms with Crippen molar-refractivity contribution >= 4 is 28.0 Å². The minimum absolute atomic E-state index is 0.593. The zero-order chi connectivity index (χ0) is 10.9. The fourth-order valence-corrected chi connectivity index (χ4v) is 3.05. The lowest BCUT2D eigenvalue weighted by molar-refractivity contribution is 0.779. The van der Waals surface area contributed by atoms with Crippen molar-refractivity contribution in [3.05, 3.63) is 22.7 Å². The summed E-state index contributed by atoms with van der Waals surface area (Å²) >= 11 is 3.55. The van der Waals surface area contributed by atoms with Gasteiger partial charge in [0.1, 0.15) is 5.01 Å². The Morgan fingerprint density at radius 3 is 3.07 bits per heavy atom. The molecule has 4 heteroatoms. The summed E-state index contributed by atoms with van der Waals surface area (Å²) in [5.41, 5.74) is 5.55. The van der Waals surface area contributed by atoms with Crippen molar-refractivity contribution in [3.8, 4) is 0 Å². The Morgan fingerprint density at radius 1 is 1.60 bits per heavy atom. The molecule has 1 aromatic rings. The molecule has 0 fully saturated rings. The van der Waals surface area contributed by atoms with E-state index < -0.39 is 0 Å². The van der Waals surface area contributed by atoms with Gasteiger partial charge in [-0.25, -0.2) is 4.98 Å². The molecule has 0 aliphatic carbocycles. The van der Waals surface area contributed by atoms with Crippen LogP contribution >= 0.6 is 23.1 Å². The highest BCUT2D eigenvalue weighted by Gasteiger charge is 2.03. The Bertz CT molecular complexity index is 281. The lowest BCUT2D eigenvalue weighted by atomic mass is 10.3. The standard InChI is InChI=1S/C11H18N2S2/c1-2-3-4-8-14-10(5-6-12)11-13-7-9-15-11/h5,7,9H,2-4,6,8,12H2,1H3. The summed E-state index contributed by atoms with van der Waals surface area (Å²) in [6.45, 7) is 2.82. The average molecular weight is 242 g/mol. The normalized spacial score (nSPS) is 12.0. The van der Waals surface area contributed by atoms with E-state index in [2.05, 4.69) is 18.0 Å². The Hall–Kier alpha value is -0.320. The van der Waals surface area contributed by atoms with Gasteiger partial charge in [-0.05, 0) is 12.2 Å². The molecule has 0 amide bonds. The zero-order valence-electron chi connectivity index (χ0n) is 9.11. The van der Waals surface area contributed by atoms with Gasteiger partial charge in [0.25, 0.3) is 0 Å². The van der Waals surface area contributed by atoms with Crippen molar-refractivity contribution in [3.63, 3.8) is 0 Å². The van der Waals surface area contributed by atoms with E-state index in [4.69, 9.17) is 5.73 Å². The number of rotatable bonds is 7. The average Bonchev–Trinajstić information content (AvgIpc) is 2.76. The molecule has 1 rings (SSSR count). The van der Waals surface area contributed by atoms with E-state index in [1.54, 1.807) is 11.3 Å². The Kier molecular flexibility index (Phi) is 6.72. The molecule has 15 heavy (non-hydrogen) atoms. The molecule has 2 nitrogen and oxygen atoms in total. The quantitative estimate of drug-likeness (QED) is 0.745. The third-order valence-corrected chi connectivity index (χ3v) is 4.05. The first kappa shape index (κ1) is 12.7. The van der Waals surface area contributed by atoms with E-state index in [0.29, 0.717) is 6.54 Å². The lowest BCUT2D eigenvalue weighted by Gasteiger charge is -2.03. The Morgan fingerprint density at radius 2 is 2.47 bits per heavy atom. The monoisotopic (exact) mass is 242 g/mol. The van der Waals surface area contributed by atoms with Gasteiger partial charge < -0.3 is 5.73 Å². The van der Waals surface area contributed by atoms with Gasteiger partial charge in [0.05, 0.1) is 0 Å². The molecular weight excluding hydrogens is 224 g/mol. The summed E-state index contributed by atoms with van der Waals surface area (Å²) in [5, 5.41) is 3.11. The molecule has 0 saturated carbocycles. The number of hydrogen-bond acceptors (Lipinski definition) is 4. The third kappa shape index (κ3) is 4.82. The summed E-state index contributed by atoms with van der Waals surface area (Å²) in [5.74, 6) is 1.17. The molecule has 0 spiro atoms. The molecule has 84 valence electrons. The molecule has 0 aliphatic heterocycles. The van der Waals surface area contributed by atoms with E-state index in [1.807, 2.05) is 23.3 Å². The predicted molar refractivity (Wildman–Crippen MR) is 71.1 cm³/mol. The molecule has 0 aromatic carbocycles. The largest absolute Gasteiger partial charge is 0.327 e. The summed E-state index contributed by atoms with van der Waals surface area (Å²) in [6, 6.07) is 0. The maximum Gasteiger partial charge on any atom is 0.129 e. The molecule has 1 heterocycles. The van der Waals surface area contributed by atoms with Crippen LogP contribution in [0.25, 0.3) is 4.91 Å². The second kappa shape index (κ2) is 7.91. The number of hydrogen-bond donors (Lipinski definition) is 1. The molecule has 0 radical (unpaired) electrons. The van der Waals surface area contributed by atoms with Crippen LogP contribution < -0.4 is 5.73 Å². The summed E-state index contributed by atoms with van der Waals surface area (Å²) in [6.07, 6.45) is 7.76. The van der Waals surface area contributed by atoms with Crippen molar-refractivity contribution < 1.29 is 0 Å². The number of thiazole rings is 1. The number of nitrogens with zero attached hydrogens (tertiary/aromatic N) is 1. The van der Waals surface area contributed by atoms with Crippen molar-refractivity contribution in [2.75, 3.05) is 12.3 Å². The smallest absolute Gasteiger partial charge is 0.129 e. The predicted octanol–water partition coefficient (Wildman–Crippen LogP) is 3.37. The maximum atomic E-state index is 5.55. The van der Waals surface area contributed by atoms with E-state index in [9.17, 15) is 0 Å². The molecule has 0 bridgehead atoms. The molecule has 2 N–H and O–H groups in total. The van der Waals surface area contributed by atoms with Gasteiger partial charge in [-0.2, -0.15) is 0 Å². The van der Waals surface area contributed by atoms with Gasteiger partial charge in [0, 0.05) is 23.0 Å². The Labute approximate surface area is 100.0 Å². The van der Waals surface area contributed by atoms with E-state index in [1.165, 1.54) is 29.9 Å². The van der Waals surface area contributed by atoms with Crippen molar-refractivity contribution in [1.29, 1.82) is 0 Å².